The van der Waals surface area contributed by atoms with Crippen molar-refractivity contribution in [3.05, 3.63) is 27.4 Å². The number of carbonyl (C=O) groups excluding carboxylic acids is 2. The lowest BCUT2D eigenvalue weighted by atomic mass is 10.3. The second-order valence-corrected chi connectivity index (χ2v) is 5.20. The Bertz CT molecular complexity index is 616. The molecule has 0 atom stereocenters. The summed E-state index contributed by atoms with van der Waals surface area (Å²) in [5.41, 5.74) is 0.0216. The van der Waals surface area contributed by atoms with Crippen LogP contribution in [-0.4, -0.2) is 23.8 Å². The van der Waals surface area contributed by atoms with Gasteiger partial charge in [-0.15, -0.1) is 11.3 Å². The van der Waals surface area contributed by atoms with Crippen molar-refractivity contribution >= 4 is 39.0 Å². The molecule has 0 saturated carbocycles. The zero-order valence-corrected chi connectivity index (χ0v) is 11.9. The van der Waals surface area contributed by atoms with Gasteiger partial charge in [-0.05, 0) is 22.0 Å². The standard InChI is InChI=1S/C11H8BrNO4S/c1-5(14)9-7(11(15)16-2)13-10(18-9)8-6(12)3-4-17-8/h3-4H,1-2H3. The zero-order valence-electron chi connectivity index (χ0n) is 9.52. The number of ether oxygens (including phenoxy) is 1. The molecule has 2 aromatic rings. The molecular formula is C11H8BrNO4S. The van der Waals surface area contributed by atoms with E-state index in [2.05, 4.69) is 25.7 Å². The summed E-state index contributed by atoms with van der Waals surface area (Å²) in [5, 5.41) is 0.456. The van der Waals surface area contributed by atoms with Gasteiger partial charge in [0.15, 0.2) is 22.2 Å². The summed E-state index contributed by atoms with van der Waals surface area (Å²) < 4.78 is 10.6. The first-order valence-electron chi connectivity index (χ1n) is 4.88. The van der Waals surface area contributed by atoms with E-state index in [9.17, 15) is 9.59 Å². The van der Waals surface area contributed by atoms with Crippen LogP contribution in [-0.2, 0) is 4.74 Å². The lowest BCUT2D eigenvalue weighted by molar-refractivity contribution is 0.0591. The van der Waals surface area contributed by atoms with Gasteiger partial charge in [-0.25, -0.2) is 9.78 Å². The Balaban J connectivity index is 2.56. The molecule has 0 aliphatic heterocycles. The van der Waals surface area contributed by atoms with Crippen LogP contribution in [0.2, 0.25) is 0 Å². The van der Waals surface area contributed by atoms with Crippen LogP contribution in [0.3, 0.4) is 0 Å². The van der Waals surface area contributed by atoms with Crippen molar-refractivity contribution in [1.82, 2.24) is 4.98 Å². The molecule has 0 radical (unpaired) electrons. The predicted molar refractivity (Wildman–Crippen MR) is 68.9 cm³/mol. The Hall–Kier alpha value is -1.47. The van der Waals surface area contributed by atoms with E-state index in [0.717, 1.165) is 11.3 Å². The van der Waals surface area contributed by atoms with Gasteiger partial charge in [0.1, 0.15) is 4.88 Å². The molecular weight excluding hydrogens is 322 g/mol. The molecule has 2 rings (SSSR count). The molecule has 0 aromatic carbocycles. The summed E-state index contributed by atoms with van der Waals surface area (Å²) in [6.45, 7) is 1.38. The van der Waals surface area contributed by atoms with Crippen molar-refractivity contribution in [1.29, 1.82) is 0 Å². The van der Waals surface area contributed by atoms with Crippen LogP contribution >= 0.6 is 27.3 Å². The normalized spacial score (nSPS) is 10.4. The van der Waals surface area contributed by atoms with Gasteiger partial charge in [0.05, 0.1) is 17.8 Å². The molecule has 0 aliphatic carbocycles. The van der Waals surface area contributed by atoms with Crippen LogP contribution in [0.15, 0.2) is 21.2 Å². The van der Waals surface area contributed by atoms with Crippen molar-refractivity contribution in [3.8, 4) is 10.8 Å². The minimum atomic E-state index is -0.634. The maximum absolute atomic E-state index is 11.5. The van der Waals surface area contributed by atoms with Gasteiger partial charge >= 0.3 is 5.97 Å². The Labute approximate surface area is 115 Å². The second-order valence-electron chi connectivity index (χ2n) is 3.34. The number of methoxy groups -OCH3 is 1. The van der Waals surface area contributed by atoms with Crippen molar-refractivity contribution in [2.45, 2.75) is 6.92 Å². The Kier molecular flexibility index (Phi) is 3.63. The summed E-state index contributed by atoms with van der Waals surface area (Å²) in [5.74, 6) is -0.384. The van der Waals surface area contributed by atoms with Crippen LogP contribution in [0.5, 0.6) is 0 Å². The molecule has 0 N–H and O–H groups in total. The fourth-order valence-electron chi connectivity index (χ4n) is 1.34. The van der Waals surface area contributed by atoms with Gasteiger partial charge in [-0.1, -0.05) is 0 Å². The number of carbonyl (C=O) groups is 2. The number of halogens is 1. The number of esters is 1. The molecule has 0 amide bonds. The van der Waals surface area contributed by atoms with Crippen molar-refractivity contribution in [3.63, 3.8) is 0 Å². The number of furan rings is 1. The van der Waals surface area contributed by atoms with Gasteiger partial charge in [0.2, 0.25) is 0 Å². The number of nitrogens with zero attached hydrogens (tertiary/aromatic N) is 1. The van der Waals surface area contributed by atoms with E-state index < -0.39 is 5.97 Å². The molecule has 0 saturated heterocycles. The van der Waals surface area contributed by atoms with Gasteiger partial charge in [0, 0.05) is 6.92 Å². The van der Waals surface area contributed by atoms with Crippen molar-refractivity contribution in [2.75, 3.05) is 7.11 Å². The molecule has 0 spiro atoms. The molecule has 5 nitrogen and oxygen atoms in total. The Morgan fingerprint density at radius 3 is 2.72 bits per heavy atom. The monoisotopic (exact) mass is 329 g/mol. The van der Waals surface area contributed by atoms with Crippen molar-refractivity contribution < 1.29 is 18.7 Å². The second kappa shape index (κ2) is 5.03. The SMILES string of the molecule is COC(=O)c1nc(-c2occc2Br)sc1C(C)=O. The minimum absolute atomic E-state index is 0.0216. The predicted octanol–water partition coefficient (Wildman–Crippen LogP) is 3.15. The lowest BCUT2D eigenvalue weighted by Crippen LogP contribution is -2.06. The summed E-state index contributed by atoms with van der Waals surface area (Å²) in [4.78, 5) is 27.4. The number of rotatable bonds is 3. The summed E-state index contributed by atoms with van der Waals surface area (Å²) in [6, 6.07) is 1.71. The van der Waals surface area contributed by atoms with Crippen LogP contribution in [0, 0.1) is 0 Å². The summed E-state index contributed by atoms with van der Waals surface area (Å²) >= 11 is 4.40. The molecule has 2 heterocycles. The molecule has 0 aliphatic rings. The lowest BCUT2D eigenvalue weighted by Gasteiger charge is -1.95. The van der Waals surface area contributed by atoms with Crippen LogP contribution in [0.1, 0.15) is 27.1 Å². The maximum Gasteiger partial charge on any atom is 0.358 e. The van der Waals surface area contributed by atoms with Gasteiger partial charge in [-0.2, -0.15) is 0 Å². The molecule has 2 aromatic heterocycles. The number of Topliss-reactive ketones (excluding diaryl/α,β-unsaturated/α-hetero) is 1. The van der Waals surface area contributed by atoms with E-state index in [-0.39, 0.29) is 16.4 Å². The first kappa shape index (κ1) is 13.0. The van der Waals surface area contributed by atoms with Crippen molar-refractivity contribution in [2.24, 2.45) is 0 Å². The number of aromatic nitrogens is 1. The Morgan fingerprint density at radius 1 is 1.50 bits per heavy atom. The van der Waals surface area contributed by atoms with Gasteiger partial charge in [0.25, 0.3) is 0 Å². The molecule has 18 heavy (non-hydrogen) atoms. The van der Waals surface area contributed by atoms with E-state index >= 15 is 0 Å². The molecule has 0 bridgehead atoms. The number of ketones is 1. The number of hydrogen-bond acceptors (Lipinski definition) is 6. The smallest absolute Gasteiger partial charge is 0.358 e. The maximum atomic E-state index is 11.5. The van der Waals surface area contributed by atoms with Gasteiger partial charge < -0.3 is 9.15 Å². The number of thiazole rings is 1. The van der Waals surface area contributed by atoms with Gasteiger partial charge in [-0.3, -0.25) is 4.79 Å². The van der Waals surface area contributed by atoms with E-state index in [0.29, 0.717) is 15.2 Å². The first-order chi connectivity index (χ1) is 8.54. The molecule has 0 fully saturated rings. The van der Waals surface area contributed by atoms with Crippen LogP contribution in [0.25, 0.3) is 10.8 Å². The average Bonchev–Trinajstić information content (AvgIpc) is 2.93. The Morgan fingerprint density at radius 2 is 2.22 bits per heavy atom. The zero-order chi connectivity index (χ0) is 13.3. The third-order valence-electron chi connectivity index (χ3n) is 2.14. The highest BCUT2D eigenvalue weighted by molar-refractivity contribution is 9.10. The fraction of sp³-hybridized carbons (Fsp3) is 0.182. The molecule has 7 heteroatoms. The highest BCUT2D eigenvalue weighted by Gasteiger charge is 2.24. The third kappa shape index (κ3) is 2.23. The number of hydrogen-bond donors (Lipinski definition) is 0. The fourth-order valence-corrected chi connectivity index (χ4v) is 2.81. The van der Waals surface area contributed by atoms with E-state index in [4.69, 9.17) is 4.42 Å². The third-order valence-corrected chi connectivity index (χ3v) is 3.92. The molecule has 0 unspecified atom stereocenters. The van der Waals surface area contributed by atoms with E-state index in [1.54, 1.807) is 6.07 Å². The largest absolute Gasteiger partial charge is 0.464 e. The molecule has 94 valence electrons. The van der Waals surface area contributed by atoms with Crippen LogP contribution < -0.4 is 0 Å². The highest BCUT2D eigenvalue weighted by atomic mass is 79.9. The van der Waals surface area contributed by atoms with E-state index in [1.807, 2.05) is 0 Å². The summed E-state index contributed by atoms with van der Waals surface area (Å²) in [7, 11) is 1.24. The quantitative estimate of drug-likeness (QED) is 0.639. The summed E-state index contributed by atoms with van der Waals surface area (Å²) in [6.07, 6.45) is 1.49. The minimum Gasteiger partial charge on any atom is -0.464 e. The first-order valence-corrected chi connectivity index (χ1v) is 6.49. The van der Waals surface area contributed by atoms with E-state index in [1.165, 1.54) is 20.3 Å². The highest BCUT2D eigenvalue weighted by Crippen LogP contribution is 2.34. The van der Waals surface area contributed by atoms with Crippen LogP contribution in [0.4, 0.5) is 0 Å². The topological polar surface area (TPSA) is 69.4 Å². The average molecular weight is 330 g/mol.